The van der Waals surface area contributed by atoms with Crippen molar-refractivity contribution in [3.63, 3.8) is 0 Å². The molecule has 0 fully saturated rings. The fourth-order valence-electron chi connectivity index (χ4n) is 11.9. The first-order valence-corrected chi connectivity index (χ1v) is 44.2. The van der Waals surface area contributed by atoms with Crippen LogP contribution in [-0.4, -0.2) is 96.7 Å². The molecule has 4 unspecified atom stereocenters. The second-order valence-corrected chi connectivity index (χ2v) is 32.6. The minimum absolute atomic E-state index is 0.0851. The molecule has 17 nitrogen and oxygen atoms in total. The molecule has 0 aromatic rings. The number of rotatable bonds is 77. The molecule has 0 aliphatic carbocycles. The number of ether oxygens (including phenoxy) is 4. The highest BCUT2D eigenvalue weighted by atomic mass is 31.2. The Kier molecular flexibility index (Phi) is 69.1. The maximum Gasteiger partial charge on any atom is 0.472 e. The van der Waals surface area contributed by atoms with Gasteiger partial charge in [0, 0.05) is 25.7 Å². The number of phosphoric ester groups is 2. The van der Waals surface area contributed by atoms with Crippen LogP contribution in [0.5, 0.6) is 0 Å². The number of allylic oxidation sites excluding steroid dienone is 4. The monoisotopic (exact) mass is 1460 g/mol. The molecule has 19 heteroatoms. The molecule has 6 atom stereocenters. The Morgan fingerprint density at radius 2 is 0.590 bits per heavy atom. The zero-order valence-corrected chi connectivity index (χ0v) is 66.9. The molecule has 3 N–H and O–H groups in total. The largest absolute Gasteiger partial charge is 0.472 e. The van der Waals surface area contributed by atoms with Crippen LogP contribution in [0, 0.1) is 17.8 Å². The minimum Gasteiger partial charge on any atom is -0.462 e. The third-order valence-electron chi connectivity index (χ3n) is 18.6. The maximum atomic E-state index is 13.1. The van der Waals surface area contributed by atoms with E-state index < -0.39 is 97.5 Å². The highest BCUT2D eigenvalue weighted by Crippen LogP contribution is 2.45. The lowest BCUT2D eigenvalue weighted by Crippen LogP contribution is -2.30. The number of hydrogen-bond acceptors (Lipinski definition) is 15. The molecule has 0 aromatic heterocycles. The summed E-state index contributed by atoms with van der Waals surface area (Å²) in [6, 6.07) is 0. The number of hydrogen-bond donors (Lipinski definition) is 3. The molecule has 0 saturated heterocycles. The zero-order chi connectivity index (χ0) is 73.7. The molecule has 590 valence electrons. The Morgan fingerprint density at radius 3 is 0.890 bits per heavy atom. The van der Waals surface area contributed by atoms with Gasteiger partial charge in [0.05, 0.1) is 26.4 Å². The Morgan fingerprint density at radius 1 is 0.330 bits per heavy atom. The SMILES string of the molecule is CCCCCC/C=C\C=C/CCCCCCCC(=O)O[C@H](COC(=O)CCCCCCCCCCCCCCCCC(C)CC)COP(=O)(O)OCC(O)COP(=O)(O)OC[C@@H](COC(=O)CCCCCCCCCC(C)C)OC(=O)CCCCCCCCCCCCCCCCC(C)C. The smallest absolute Gasteiger partial charge is 0.462 e. The zero-order valence-electron chi connectivity index (χ0n) is 65.2. The van der Waals surface area contributed by atoms with Crippen molar-refractivity contribution < 1.29 is 80.2 Å². The van der Waals surface area contributed by atoms with Crippen LogP contribution in [0.25, 0.3) is 0 Å². The van der Waals surface area contributed by atoms with Gasteiger partial charge in [-0.2, -0.15) is 0 Å². The predicted octanol–water partition coefficient (Wildman–Crippen LogP) is 23.7. The molecule has 0 radical (unpaired) electrons. The van der Waals surface area contributed by atoms with E-state index in [0.717, 1.165) is 121 Å². The molecule has 0 amide bonds. The molecular formula is C81H154O17P2. The van der Waals surface area contributed by atoms with Crippen LogP contribution in [0.4, 0.5) is 0 Å². The summed E-state index contributed by atoms with van der Waals surface area (Å²) in [5, 5.41) is 10.6. The Labute approximate surface area is 612 Å². The molecule has 0 spiro atoms. The van der Waals surface area contributed by atoms with Crippen molar-refractivity contribution >= 4 is 39.5 Å². The van der Waals surface area contributed by atoms with E-state index in [1.54, 1.807) is 0 Å². The van der Waals surface area contributed by atoms with Gasteiger partial charge >= 0.3 is 39.5 Å². The Hall–Kier alpha value is -2.46. The van der Waals surface area contributed by atoms with Crippen LogP contribution >= 0.6 is 15.6 Å². The molecule has 0 saturated carbocycles. The van der Waals surface area contributed by atoms with Crippen LogP contribution in [0.1, 0.15) is 395 Å². The van der Waals surface area contributed by atoms with Gasteiger partial charge in [0.2, 0.25) is 0 Å². The van der Waals surface area contributed by atoms with Gasteiger partial charge in [-0.05, 0) is 69.1 Å². The third kappa shape index (κ3) is 72.5. The van der Waals surface area contributed by atoms with E-state index in [1.807, 2.05) is 0 Å². The number of carbonyl (C=O) groups is 4. The van der Waals surface area contributed by atoms with Gasteiger partial charge in [0.15, 0.2) is 12.2 Å². The average Bonchev–Trinajstić information content (AvgIpc) is 1.03. The summed E-state index contributed by atoms with van der Waals surface area (Å²) in [4.78, 5) is 73.0. The molecule has 100 heavy (non-hydrogen) atoms. The second-order valence-electron chi connectivity index (χ2n) is 29.7. The highest BCUT2D eigenvalue weighted by molar-refractivity contribution is 7.47. The van der Waals surface area contributed by atoms with Gasteiger partial charge in [-0.1, -0.05) is 342 Å². The molecular weight excluding hydrogens is 1310 g/mol. The highest BCUT2D eigenvalue weighted by Gasteiger charge is 2.30. The van der Waals surface area contributed by atoms with E-state index in [4.69, 9.17) is 37.0 Å². The summed E-state index contributed by atoms with van der Waals surface area (Å²) in [6.45, 7) is 11.9. The number of carbonyl (C=O) groups excluding carboxylic acids is 4. The lowest BCUT2D eigenvalue weighted by Gasteiger charge is -2.21. The van der Waals surface area contributed by atoms with Crippen molar-refractivity contribution in [3.8, 4) is 0 Å². The van der Waals surface area contributed by atoms with Gasteiger partial charge < -0.3 is 33.8 Å². The average molecular weight is 1460 g/mol. The van der Waals surface area contributed by atoms with Crippen molar-refractivity contribution in [3.05, 3.63) is 24.3 Å². The number of aliphatic hydroxyl groups is 1. The van der Waals surface area contributed by atoms with Gasteiger partial charge in [-0.3, -0.25) is 37.3 Å². The summed E-state index contributed by atoms with van der Waals surface area (Å²) >= 11 is 0. The Balaban J connectivity index is 5.27. The normalized spacial score (nSPS) is 14.4. The molecule has 0 aliphatic rings. The first-order chi connectivity index (χ1) is 48.3. The minimum atomic E-state index is -4.97. The summed E-state index contributed by atoms with van der Waals surface area (Å²) in [7, 11) is -9.93. The first kappa shape index (κ1) is 97.5. The standard InChI is InChI=1S/C81H154O17P2/c1-8-10-11-12-13-14-15-16-17-25-30-35-42-50-57-64-80(85)97-76(68-91-78(83)62-55-48-41-34-29-24-21-19-23-28-33-40-47-54-61-74(7)9-2)70-95-99(87,88)93-66-75(82)67-94-100(89,90)96-71-77(69-92-79(84)63-56-49-44-37-39-46-53-60-73(5)6)98-81(86)65-58-51-43-36-31-26-20-18-22-27-32-38-45-52-59-72(3)4/h14-17,72-77,82H,8-13,18-71H2,1-7H3,(H,87,88)(H,89,90)/b15-14-,17-16-/t74?,75?,76-,77-/m1/s1. The molecule has 0 aliphatic heterocycles. The van der Waals surface area contributed by atoms with Gasteiger partial charge in [-0.25, -0.2) is 9.13 Å². The molecule has 0 heterocycles. The quantitative estimate of drug-likeness (QED) is 0.0169. The number of esters is 4. The number of aliphatic hydroxyl groups excluding tert-OH is 1. The van der Waals surface area contributed by atoms with Crippen LogP contribution < -0.4 is 0 Å². The fraction of sp³-hybridized carbons (Fsp3) is 0.901. The van der Waals surface area contributed by atoms with Gasteiger partial charge in [-0.15, -0.1) is 0 Å². The van der Waals surface area contributed by atoms with E-state index in [0.29, 0.717) is 31.6 Å². The Bertz CT molecular complexity index is 2040. The van der Waals surface area contributed by atoms with E-state index in [-0.39, 0.29) is 25.7 Å². The van der Waals surface area contributed by atoms with Crippen molar-refractivity contribution in [1.82, 2.24) is 0 Å². The number of unbranched alkanes of at least 4 members (excludes halogenated alkanes) is 41. The van der Waals surface area contributed by atoms with E-state index >= 15 is 0 Å². The predicted molar refractivity (Wildman–Crippen MR) is 409 cm³/mol. The fourth-order valence-corrected chi connectivity index (χ4v) is 13.5. The van der Waals surface area contributed by atoms with E-state index in [9.17, 15) is 43.2 Å². The van der Waals surface area contributed by atoms with Gasteiger partial charge in [0.25, 0.3) is 0 Å². The molecule has 0 aromatic carbocycles. The summed E-state index contributed by atoms with van der Waals surface area (Å²) in [5.74, 6) is 0.203. The van der Waals surface area contributed by atoms with Crippen molar-refractivity contribution in [2.24, 2.45) is 17.8 Å². The van der Waals surface area contributed by atoms with Crippen LogP contribution in [0.3, 0.4) is 0 Å². The van der Waals surface area contributed by atoms with Crippen LogP contribution in [0.2, 0.25) is 0 Å². The van der Waals surface area contributed by atoms with Crippen LogP contribution in [0.15, 0.2) is 24.3 Å². The third-order valence-corrected chi connectivity index (χ3v) is 20.5. The summed E-state index contributed by atoms with van der Waals surface area (Å²) < 4.78 is 68.7. The first-order valence-electron chi connectivity index (χ1n) is 41.2. The maximum absolute atomic E-state index is 13.1. The van der Waals surface area contributed by atoms with Crippen LogP contribution in [-0.2, 0) is 65.4 Å². The topological polar surface area (TPSA) is 237 Å². The van der Waals surface area contributed by atoms with Crippen molar-refractivity contribution in [2.45, 2.75) is 414 Å². The van der Waals surface area contributed by atoms with Crippen molar-refractivity contribution in [2.75, 3.05) is 39.6 Å². The summed E-state index contributed by atoms with van der Waals surface area (Å²) in [6.07, 6.45) is 61.8. The molecule has 0 rings (SSSR count). The number of phosphoric acid groups is 2. The lowest BCUT2D eigenvalue weighted by molar-refractivity contribution is -0.161. The van der Waals surface area contributed by atoms with E-state index in [1.165, 1.54) is 186 Å². The van der Waals surface area contributed by atoms with E-state index in [2.05, 4.69) is 72.8 Å². The lowest BCUT2D eigenvalue weighted by atomic mass is 9.99. The van der Waals surface area contributed by atoms with Crippen molar-refractivity contribution in [1.29, 1.82) is 0 Å². The molecule has 0 bridgehead atoms. The summed E-state index contributed by atoms with van der Waals surface area (Å²) in [5.41, 5.74) is 0. The second kappa shape index (κ2) is 70.8. The van der Waals surface area contributed by atoms with Gasteiger partial charge in [0.1, 0.15) is 19.3 Å².